The van der Waals surface area contributed by atoms with Crippen LogP contribution < -0.4 is 16.0 Å². The first kappa shape index (κ1) is 40.9. The van der Waals surface area contributed by atoms with Crippen molar-refractivity contribution >= 4 is 23.5 Å². The molecule has 4 N–H and O–H groups in total. The zero-order valence-electron chi connectivity index (χ0n) is 31.1. The normalized spacial score (nSPS) is 21.6. The van der Waals surface area contributed by atoms with E-state index in [1.165, 1.54) is 6.92 Å². The summed E-state index contributed by atoms with van der Waals surface area (Å²) in [6, 6.07) is 8.29. The van der Waals surface area contributed by atoms with Crippen LogP contribution in [0.1, 0.15) is 102 Å². The molecule has 1 aliphatic carbocycles. The van der Waals surface area contributed by atoms with E-state index in [-0.39, 0.29) is 36.6 Å². The molecule has 52 heavy (non-hydrogen) atoms. The third-order valence-corrected chi connectivity index (χ3v) is 10.2. The number of piperidine rings is 1. The van der Waals surface area contributed by atoms with E-state index in [1.807, 2.05) is 56.0 Å². The van der Waals surface area contributed by atoms with E-state index in [4.69, 9.17) is 0 Å². The van der Waals surface area contributed by atoms with Gasteiger partial charge in [-0.2, -0.15) is 13.2 Å². The minimum absolute atomic E-state index is 0.0938. The van der Waals surface area contributed by atoms with Crippen molar-refractivity contribution in [2.24, 2.45) is 17.3 Å². The average Bonchev–Trinajstić information content (AvgIpc) is 3.05. The van der Waals surface area contributed by atoms with Crippen LogP contribution in [-0.4, -0.2) is 81.4 Å². The largest absolute Gasteiger partial charge is 0.433 e. The summed E-state index contributed by atoms with van der Waals surface area (Å²) in [5.74, 6) is -1.04. The highest BCUT2D eigenvalue weighted by Crippen LogP contribution is 2.39. The van der Waals surface area contributed by atoms with Crippen LogP contribution in [0, 0.1) is 17.3 Å². The van der Waals surface area contributed by atoms with Crippen molar-refractivity contribution in [1.29, 1.82) is 0 Å². The molecule has 1 aromatic heterocycles. The van der Waals surface area contributed by atoms with E-state index >= 15 is 0 Å². The van der Waals surface area contributed by atoms with Gasteiger partial charge in [0.25, 0.3) is 5.91 Å². The number of nitrogens with one attached hydrogen (secondary N) is 3. The van der Waals surface area contributed by atoms with Crippen LogP contribution in [0.3, 0.4) is 0 Å². The van der Waals surface area contributed by atoms with Crippen molar-refractivity contribution in [3.63, 3.8) is 0 Å². The van der Waals surface area contributed by atoms with Crippen molar-refractivity contribution in [2.75, 3.05) is 13.1 Å². The highest BCUT2D eigenvalue weighted by atomic mass is 19.4. The Morgan fingerprint density at radius 3 is 2.17 bits per heavy atom. The van der Waals surface area contributed by atoms with Crippen molar-refractivity contribution in [2.45, 2.75) is 122 Å². The minimum Gasteiger partial charge on any atom is -0.390 e. The first-order chi connectivity index (χ1) is 24.2. The van der Waals surface area contributed by atoms with Gasteiger partial charge in [0, 0.05) is 36.7 Å². The second kappa shape index (κ2) is 16.9. The molecule has 286 valence electrons. The molecule has 6 atom stereocenters. The first-order valence-corrected chi connectivity index (χ1v) is 18.2. The molecule has 0 radical (unpaired) electrons. The molecule has 1 saturated carbocycles. The van der Waals surface area contributed by atoms with Crippen LogP contribution in [0.5, 0.6) is 0 Å². The van der Waals surface area contributed by atoms with Gasteiger partial charge in [0.2, 0.25) is 11.8 Å². The maximum atomic E-state index is 14.2. The Morgan fingerprint density at radius 1 is 0.942 bits per heavy atom. The van der Waals surface area contributed by atoms with Gasteiger partial charge in [-0.3, -0.25) is 24.3 Å². The molecular weight excluding hydrogens is 675 g/mol. The number of aliphatic hydroxyl groups excluding tert-OH is 1. The predicted octanol–water partition coefficient (Wildman–Crippen LogP) is 5.09. The summed E-state index contributed by atoms with van der Waals surface area (Å²) in [7, 11) is 0. The Bertz CT molecular complexity index is 1540. The Hall–Kier alpha value is -3.84. The van der Waals surface area contributed by atoms with Gasteiger partial charge >= 0.3 is 6.18 Å². The van der Waals surface area contributed by atoms with Crippen LogP contribution in [0.25, 0.3) is 0 Å². The summed E-state index contributed by atoms with van der Waals surface area (Å²) in [6.45, 7) is 11.2. The first-order valence-electron chi connectivity index (χ1n) is 18.2. The maximum Gasteiger partial charge on any atom is 0.433 e. The number of hydrogen-bond acceptors (Lipinski definition) is 7. The van der Waals surface area contributed by atoms with E-state index in [0.29, 0.717) is 30.9 Å². The van der Waals surface area contributed by atoms with Crippen LogP contribution in [0.15, 0.2) is 48.7 Å². The fourth-order valence-corrected chi connectivity index (χ4v) is 7.68. The summed E-state index contributed by atoms with van der Waals surface area (Å²) in [5.41, 5.74) is -2.11. The number of hydrogen-bond donors (Lipinski definition) is 4. The van der Waals surface area contributed by atoms with E-state index in [9.17, 15) is 37.5 Å². The van der Waals surface area contributed by atoms with E-state index < -0.39 is 58.9 Å². The van der Waals surface area contributed by atoms with E-state index in [0.717, 1.165) is 43.5 Å². The highest BCUT2D eigenvalue weighted by molar-refractivity contribution is 5.98. The summed E-state index contributed by atoms with van der Waals surface area (Å²) >= 11 is 0. The second-order valence-electron chi connectivity index (χ2n) is 16.3. The molecule has 1 saturated heterocycles. The number of aliphatic hydroxyl groups is 1. The van der Waals surface area contributed by atoms with Gasteiger partial charge in [0.15, 0.2) is 0 Å². The number of amides is 3. The Kier molecular flexibility index (Phi) is 13.3. The molecule has 1 aliphatic heterocycles. The van der Waals surface area contributed by atoms with Crippen molar-refractivity contribution in [3.8, 4) is 0 Å². The molecule has 0 spiro atoms. The monoisotopic (exact) mass is 729 g/mol. The molecule has 3 amide bonds. The number of carbonyl (C=O) groups excluding carboxylic acids is 4. The Morgan fingerprint density at radius 2 is 1.60 bits per heavy atom. The molecule has 2 aliphatic rings. The molecular formula is C39H54F3N5O5. The van der Waals surface area contributed by atoms with Gasteiger partial charge in [-0.1, -0.05) is 63.4 Å². The number of β-amino-alcohol motifs (C(OH)–C–C–N with tert-alkyl or cyclic N) is 1. The van der Waals surface area contributed by atoms with Crippen molar-refractivity contribution < 1.29 is 37.5 Å². The van der Waals surface area contributed by atoms with E-state index in [1.54, 1.807) is 13.8 Å². The van der Waals surface area contributed by atoms with Crippen LogP contribution >= 0.6 is 0 Å². The standard InChI is InChI=1S/C39H54F3N5O5/c1-24(48)20-38(5,6)33(45-34(50)27-16-17-32(43-21-27)39(40,41)42)36(52)44-29(18-25-12-8-7-9-13-25)31(49)23-47-22-28-15-11-10-14-26(28)19-30(47)35(51)46-37(2,3)4/h7-9,12-13,16-17,21,26,28-31,33,49H,10-11,14-15,18-20,22-23H2,1-6H3,(H,44,52)(H,45,50)(H,46,51)/t26-,28?,29?,30-,31?,33+/m0/s1. The van der Waals surface area contributed by atoms with Gasteiger partial charge in [-0.05, 0) is 76.5 Å². The quantitative estimate of drug-likeness (QED) is 0.225. The van der Waals surface area contributed by atoms with Gasteiger partial charge < -0.3 is 25.9 Å². The third-order valence-electron chi connectivity index (χ3n) is 10.2. The number of carbonyl (C=O) groups is 4. The SMILES string of the molecule is CC(=O)CC(C)(C)[C@H](NC(=O)c1ccc(C(F)(F)F)nc1)C(=O)NC(Cc1ccccc1)C(O)CN1CC2CCCC[C@H]2C[C@H]1C(=O)NC(C)(C)C. The zero-order valence-corrected chi connectivity index (χ0v) is 31.1. The maximum absolute atomic E-state index is 14.2. The fourth-order valence-electron chi connectivity index (χ4n) is 7.68. The highest BCUT2D eigenvalue weighted by Gasteiger charge is 2.43. The molecule has 4 rings (SSSR count). The number of alkyl halides is 3. The van der Waals surface area contributed by atoms with Crippen molar-refractivity contribution in [3.05, 3.63) is 65.5 Å². The average molecular weight is 730 g/mol. The second-order valence-corrected chi connectivity index (χ2v) is 16.3. The lowest BCUT2D eigenvalue weighted by molar-refractivity contribution is -0.141. The van der Waals surface area contributed by atoms with Crippen molar-refractivity contribution in [1.82, 2.24) is 25.8 Å². The molecule has 13 heteroatoms. The lowest BCUT2D eigenvalue weighted by Crippen LogP contribution is -2.62. The zero-order chi connectivity index (χ0) is 38.4. The summed E-state index contributed by atoms with van der Waals surface area (Å²) < 4.78 is 39.3. The molecule has 2 aromatic rings. The predicted molar refractivity (Wildman–Crippen MR) is 191 cm³/mol. The Labute approximate surface area is 304 Å². The molecule has 2 fully saturated rings. The number of ketones is 1. The topological polar surface area (TPSA) is 141 Å². The van der Waals surface area contributed by atoms with Crippen LogP contribution in [0.4, 0.5) is 13.2 Å². The molecule has 0 bridgehead atoms. The molecule has 3 unspecified atom stereocenters. The van der Waals surface area contributed by atoms with Gasteiger partial charge in [-0.15, -0.1) is 0 Å². The summed E-state index contributed by atoms with van der Waals surface area (Å²) in [5, 5.41) is 20.7. The number of nitrogens with zero attached hydrogens (tertiary/aromatic N) is 2. The number of likely N-dealkylation sites (tertiary alicyclic amines) is 1. The lowest BCUT2D eigenvalue weighted by atomic mass is 9.72. The number of aromatic nitrogens is 1. The van der Waals surface area contributed by atoms with Crippen LogP contribution in [0.2, 0.25) is 0 Å². The number of halogens is 3. The third kappa shape index (κ3) is 11.3. The van der Waals surface area contributed by atoms with Crippen LogP contribution in [-0.2, 0) is 27.0 Å². The number of rotatable bonds is 13. The van der Waals surface area contributed by atoms with Gasteiger partial charge in [0.1, 0.15) is 17.5 Å². The smallest absolute Gasteiger partial charge is 0.390 e. The van der Waals surface area contributed by atoms with Gasteiger partial charge in [0.05, 0.1) is 23.8 Å². The molecule has 10 nitrogen and oxygen atoms in total. The number of pyridine rings is 1. The summed E-state index contributed by atoms with van der Waals surface area (Å²) in [4.78, 5) is 59.0. The lowest BCUT2D eigenvalue weighted by Gasteiger charge is -2.47. The number of Topliss-reactive ketones (excluding diaryl/α,β-unsaturated/α-hetero) is 1. The van der Waals surface area contributed by atoms with Gasteiger partial charge in [-0.25, -0.2) is 0 Å². The molecule has 1 aromatic carbocycles. The fraction of sp³-hybridized carbons (Fsp3) is 0.615. The Balaban J connectivity index is 1.61. The minimum atomic E-state index is -4.70. The number of benzene rings is 1. The summed E-state index contributed by atoms with van der Waals surface area (Å²) in [6.07, 6.45) is 0.139. The van der Waals surface area contributed by atoms with E-state index in [2.05, 4.69) is 20.9 Å². The molecule has 2 heterocycles. The number of fused-ring (bicyclic) bond motifs is 1.